The van der Waals surface area contributed by atoms with Crippen LogP contribution in [0.4, 0.5) is 0 Å². The van der Waals surface area contributed by atoms with Crippen molar-refractivity contribution in [1.29, 1.82) is 0 Å². The monoisotopic (exact) mass is 273 g/mol. The average molecular weight is 273 g/mol. The lowest BCUT2D eigenvalue weighted by Crippen LogP contribution is -2.34. The fourth-order valence-corrected chi connectivity index (χ4v) is 1.95. The van der Waals surface area contributed by atoms with E-state index < -0.39 is 0 Å². The fraction of sp³-hybridized carbons (Fsp3) is 0.333. The number of nitrogens with one attached hydrogen (secondary N) is 1. The Morgan fingerprint density at radius 3 is 3.10 bits per heavy atom. The third-order valence-corrected chi connectivity index (χ3v) is 2.83. The number of nitrogens with zero attached hydrogens (tertiary/aromatic N) is 2. The van der Waals surface area contributed by atoms with Gasteiger partial charge in [-0.25, -0.2) is 0 Å². The first kappa shape index (κ1) is 14.3. The molecule has 2 rings (SSSR count). The summed E-state index contributed by atoms with van der Waals surface area (Å²) in [6.45, 7) is 0.304. The molecule has 5 heteroatoms. The van der Waals surface area contributed by atoms with Crippen molar-refractivity contribution >= 4 is 12.1 Å². The molecule has 1 aliphatic heterocycles. The summed E-state index contributed by atoms with van der Waals surface area (Å²) in [7, 11) is 3.69. The zero-order valence-electron chi connectivity index (χ0n) is 11.8. The maximum atomic E-state index is 11.8. The lowest BCUT2D eigenvalue weighted by atomic mass is 10.0. The van der Waals surface area contributed by atoms with Crippen LogP contribution < -0.4 is 5.32 Å². The van der Waals surface area contributed by atoms with Crippen LogP contribution in [0.2, 0.25) is 0 Å². The van der Waals surface area contributed by atoms with Crippen molar-refractivity contribution in [3.05, 3.63) is 47.4 Å². The first-order valence-electron chi connectivity index (χ1n) is 6.57. The summed E-state index contributed by atoms with van der Waals surface area (Å²) in [5.41, 5.74) is 1.97. The number of rotatable bonds is 4. The second kappa shape index (κ2) is 6.86. The summed E-state index contributed by atoms with van der Waals surface area (Å²) in [5.74, 6) is 0.305. The van der Waals surface area contributed by atoms with E-state index in [1.807, 2.05) is 32.3 Å². The van der Waals surface area contributed by atoms with Crippen LogP contribution in [0.5, 0.6) is 0 Å². The van der Waals surface area contributed by atoms with E-state index in [0.717, 1.165) is 17.6 Å². The largest absolute Gasteiger partial charge is 0.339 e. The number of carbonyl (C=O) groups is 1. The van der Waals surface area contributed by atoms with Gasteiger partial charge in [-0.2, -0.15) is 0 Å². The standard InChI is InChI=1S/C15H19N3O2/c1-18(2)11-14(19)17-15-13(9-10-16-20-15)12-7-5-3-4-6-8-12/h3,5-8,10H,4,9,11H2,1-2H3,(H,17,19). The Balaban J connectivity index is 2.19. The first-order chi connectivity index (χ1) is 9.66. The molecule has 0 atom stereocenters. The van der Waals surface area contributed by atoms with Crippen molar-refractivity contribution in [3.8, 4) is 0 Å². The molecule has 0 aromatic carbocycles. The Kier molecular flexibility index (Phi) is 4.90. The summed E-state index contributed by atoms with van der Waals surface area (Å²) in [5, 5.41) is 6.56. The van der Waals surface area contributed by atoms with E-state index in [4.69, 9.17) is 4.84 Å². The number of hydrogen-bond acceptors (Lipinski definition) is 4. The van der Waals surface area contributed by atoms with E-state index in [-0.39, 0.29) is 5.91 Å². The number of carbonyl (C=O) groups excluding carboxylic acids is 1. The molecule has 0 fully saturated rings. The quantitative estimate of drug-likeness (QED) is 0.848. The summed E-state index contributed by atoms with van der Waals surface area (Å²) < 4.78 is 0. The number of oxime groups is 1. The Labute approximate surface area is 119 Å². The highest BCUT2D eigenvalue weighted by Gasteiger charge is 2.17. The molecule has 2 aliphatic rings. The van der Waals surface area contributed by atoms with Crippen molar-refractivity contribution in [2.75, 3.05) is 20.6 Å². The topological polar surface area (TPSA) is 53.9 Å². The van der Waals surface area contributed by atoms with Crippen molar-refractivity contribution in [1.82, 2.24) is 10.2 Å². The van der Waals surface area contributed by atoms with Crippen molar-refractivity contribution < 1.29 is 9.63 Å². The van der Waals surface area contributed by atoms with Gasteiger partial charge in [0.15, 0.2) is 0 Å². The van der Waals surface area contributed by atoms with Crippen LogP contribution in [0.15, 0.2) is 52.6 Å². The Bertz CT molecular complexity index is 525. The molecular weight excluding hydrogens is 254 g/mol. The summed E-state index contributed by atoms with van der Waals surface area (Å²) >= 11 is 0. The van der Waals surface area contributed by atoms with Gasteiger partial charge in [0, 0.05) is 18.2 Å². The molecule has 1 N–H and O–H groups in total. The normalized spacial score (nSPS) is 17.9. The zero-order chi connectivity index (χ0) is 14.4. The maximum Gasteiger partial charge on any atom is 0.240 e. The highest BCUT2D eigenvalue weighted by atomic mass is 16.6. The minimum Gasteiger partial charge on any atom is -0.339 e. The molecule has 106 valence electrons. The van der Waals surface area contributed by atoms with Gasteiger partial charge in [-0.3, -0.25) is 10.1 Å². The predicted molar refractivity (Wildman–Crippen MR) is 78.9 cm³/mol. The molecule has 5 nitrogen and oxygen atoms in total. The highest BCUT2D eigenvalue weighted by molar-refractivity contribution is 5.80. The van der Waals surface area contributed by atoms with Gasteiger partial charge in [0.2, 0.25) is 11.8 Å². The van der Waals surface area contributed by atoms with Crippen LogP contribution in [0.25, 0.3) is 0 Å². The molecule has 1 aliphatic carbocycles. The molecular formula is C15H19N3O2. The zero-order valence-corrected chi connectivity index (χ0v) is 11.8. The molecule has 0 aromatic heterocycles. The average Bonchev–Trinajstić information content (AvgIpc) is 2.67. The third kappa shape index (κ3) is 3.93. The van der Waals surface area contributed by atoms with Gasteiger partial charge < -0.3 is 9.74 Å². The molecule has 0 aromatic rings. The van der Waals surface area contributed by atoms with Crippen molar-refractivity contribution in [3.63, 3.8) is 0 Å². The lowest BCUT2D eigenvalue weighted by Gasteiger charge is -2.17. The van der Waals surface area contributed by atoms with Gasteiger partial charge in [0.1, 0.15) is 0 Å². The summed E-state index contributed by atoms with van der Waals surface area (Å²) in [6, 6.07) is 0. The van der Waals surface area contributed by atoms with E-state index in [9.17, 15) is 4.79 Å². The van der Waals surface area contributed by atoms with Crippen LogP contribution in [-0.4, -0.2) is 37.7 Å². The molecule has 0 unspecified atom stereocenters. The minimum atomic E-state index is -0.117. The minimum absolute atomic E-state index is 0.117. The van der Waals surface area contributed by atoms with Crippen LogP contribution >= 0.6 is 0 Å². The lowest BCUT2D eigenvalue weighted by molar-refractivity contribution is -0.121. The highest BCUT2D eigenvalue weighted by Crippen LogP contribution is 2.23. The summed E-state index contributed by atoms with van der Waals surface area (Å²) in [6.07, 6.45) is 13.5. The van der Waals surface area contributed by atoms with Gasteiger partial charge in [0.05, 0.1) is 6.54 Å². The van der Waals surface area contributed by atoms with E-state index in [2.05, 4.69) is 22.6 Å². The van der Waals surface area contributed by atoms with E-state index >= 15 is 0 Å². The molecule has 0 bridgehead atoms. The molecule has 0 saturated carbocycles. The van der Waals surface area contributed by atoms with Crippen LogP contribution in [0.3, 0.4) is 0 Å². The molecule has 20 heavy (non-hydrogen) atoms. The van der Waals surface area contributed by atoms with Gasteiger partial charge >= 0.3 is 0 Å². The van der Waals surface area contributed by atoms with E-state index in [1.54, 1.807) is 11.1 Å². The van der Waals surface area contributed by atoms with E-state index in [0.29, 0.717) is 18.8 Å². The molecule has 1 heterocycles. The fourth-order valence-electron chi connectivity index (χ4n) is 1.95. The number of allylic oxidation sites excluding steroid dienone is 7. The van der Waals surface area contributed by atoms with Gasteiger partial charge in [-0.15, -0.1) is 0 Å². The molecule has 0 radical (unpaired) electrons. The second-order valence-corrected chi connectivity index (χ2v) is 4.87. The number of amides is 1. The number of likely N-dealkylation sites (N-methyl/N-ethyl adjacent to an activating group) is 1. The summed E-state index contributed by atoms with van der Waals surface area (Å²) in [4.78, 5) is 18.9. The van der Waals surface area contributed by atoms with Gasteiger partial charge in [-0.05, 0) is 26.1 Å². The van der Waals surface area contributed by atoms with Crippen molar-refractivity contribution in [2.45, 2.75) is 12.8 Å². The van der Waals surface area contributed by atoms with Gasteiger partial charge in [-0.1, -0.05) is 35.5 Å². The smallest absolute Gasteiger partial charge is 0.240 e. The van der Waals surface area contributed by atoms with Crippen LogP contribution in [-0.2, 0) is 9.63 Å². The first-order valence-corrected chi connectivity index (χ1v) is 6.57. The maximum absolute atomic E-state index is 11.8. The van der Waals surface area contributed by atoms with Crippen LogP contribution in [0.1, 0.15) is 12.8 Å². The van der Waals surface area contributed by atoms with Gasteiger partial charge in [0.25, 0.3) is 0 Å². The van der Waals surface area contributed by atoms with Crippen molar-refractivity contribution in [2.24, 2.45) is 5.16 Å². The molecule has 0 saturated heterocycles. The SMILES string of the molecule is CN(C)CC(=O)NC1=C(C2=CC=CCC=C2)CC=NO1. The Hall–Kier alpha value is -2.14. The van der Waals surface area contributed by atoms with E-state index in [1.165, 1.54) is 0 Å². The number of hydrogen-bond donors (Lipinski definition) is 1. The molecule has 1 amide bonds. The third-order valence-electron chi connectivity index (χ3n) is 2.83. The predicted octanol–water partition coefficient (Wildman–Crippen LogP) is 1.72. The second-order valence-electron chi connectivity index (χ2n) is 4.87. The Morgan fingerprint density at radius 1 is 1.45 bits per heavy atom. The van der Waals surface area contributed by atoms with Crippen LogP contribution in [0, 0.1) is 0 Å². The molecule has 0 spiro atoms. The Morgan fingerprint density at radius 2 is 2.30 bits per heavy atom.